The Morgan fingerprint density at radius 2 is 1.80 bits per heavy atom. The van der Waals surface area contributed by atoms with E-state index in [4.69, 9.17) is 32.7 Å². The second-order valence-corrected chi connectivity index (χ2v) is 8.41. The zero-order valence-electron chi connectivity index (χ0n) is 18.7. The number of Topliss-reactive ketones (excluding diaryl/α,β-unsaturated/α-hetero) is 1. The number of carbonyl (C=O) groups is 2. The summed E-state index contributed by atoms with van der Waals surface area (Å²) < 4.78 is 10.6. The molecule has 1 aromatic heterocycles. The third-order valence-corrected chi connectivity index (χ3v) is 6.20. The smallest absolute Gasteiger partial charge is 0.296 e. The van der Waals surface area contributed by atoms with Gasteiger partial charge >= 0.3 is 0 Å². The number of aliphatic hydroxyl groups is 1. The number of phenolic OH excluding ortho intramolecular Hbond substituents is 1. The Morgan fingerprint density at radius 1 is 1.06 bits per heavy atom. The van der Waals surface area contributed by atoms with Gasteiger partial charge in [0.1, 0.15) is 16.5 Å². The van der Waals surface area contributed by atoms with Gasteiger partial charge in [0.15, 0.2) is 11.5 Å². The number of ether oxygens (including phenoxy) is 2. The van der Waals surface area contributed by atoms with Crippen LogP contribution >= 0.6 is 23.2 Å². The average Bonchev–Trinajstić information content (AvgIpc) is 3.09. The number of ketones is 1. The second kappa shape index (κ2) is 9.85. The van der Waals surface area contributed by atoms with Crippen LogP contribution in [0.3, 0.4) is 0 Å². The lowest BCUT2D eigenvalue weighted by atomic mass is 9.94. The van der Waals surface area contributed by atoms with E-state index < -0.39 is 23.5 Å². The van der Waals surface area contributed by atoms with E-state index in [1.807, 2.05) is 0 Å². The first-order valence-corrected chi connectivity index (χ1v) is 11.1. The Labute approximate surface area is 210 Å². The molecule has 1 aliphatic heterocycles. The number of nitrogens with zero attached hydrogens (tertiary/aromatic N) is 2. The lowest BCUT2D eigenvalue weighted by Gasteiger charge is -2.25. The van der Waals surface area contributed by atoms with Crippen molar-refractivity contribution in [1.29, 1.82) is 0 Å². The minimum Gasteiger partial charge on any atom is -0.508 e. The number of carbonyl (C=O) groups excluding carboxylic acids is 2. The second-order valence-electron chi connectivity index (χ2n) is 7.63. The molecule has 1 atom stereocenters. The van der Waals surface area contributed by atoms with E-state index >= 15 is 0 Å². The highest BCUT2D eigenvalue weighted by Crippen LogP contribution is 2.47. The summed E-state index contributed by atoms with van der Waals surface area (Å²) in [7, 11) is 2.70. The maximum atomic E-state index is 13.3. The first kappa shape index (κ1) is 24.4. The third kappa shape index (κ3) is 4.38. The number of benzene rings is 2. The molecule has 1 saturated heterocycles. The van der Waals surface area contributed by atoms with Crippen LogP contribution < -0.4 is 9.47 Å². The average molecular weight is 515 g/mol. The number of aromatic hydroxyl groups is 1. The Bertz CT molecular complexity index is 1340. The van der Waals surface area contributed by atoms with Crippen molar-refractivity contribution in [3.05, 3.63) is 87.2 Å². The van der Waals surface area contributed by atoms with Gasteiger partial charge in [-0.2, -0.15) is 0 Å². The van der Waals surface area contributed by atoms with E-state index in [9.17, 15) is 19.8 Å². The molecule has 0 spiro atoms. The fraction of sp³-hybridized carbons (Fsp3) is 0.160. The number of phenols is 1. The molecule has 0 bridgehead atoms. The summed E-state index contributed by atoms with van der Waals surface area (Å²) in [5, 5.41) is 21.5. The summed E-state index contributed by atoms with van der Waals surface area (Å²) in [5.41, 5.74) is 0.732. The molecule has 3 aromatic rings. The van der Waals surface area contributed by atoms with Crippen molar-refractivity contribution in [2.75, 3.05) is 14.2 Å². The van der Waals surface area contributed by atoms with Crippen molar-refractivity contribution in [2.45, 2.75) is 12.6 Å². The van der Waals surface area contributed by atoms with E-state index in [1.165, 1.54) is 37.3 Å². The standard InChI is InChI=1S/C25H20Cl2N2O6/c1-34-23-16(11-17(26)24(35-2)19(23)27)21(31)18-20(13-6-5-8-15(30)10-13)29(25(33)22(18)32)12-14-7-3-4-9-28-14/h3-11,20,30-31H,12H2,1-2H3/b21-18+. The molecule has 180 valence electrons. The number of rotatable bonds is 6. The molecule has 0 aliphatic carbocycles. The largest absolute Gasteiger partial charge is 0.508 e. The van der Waals surface area contributed by atoms with Crippen molar-refractivity contribution in [2.24, 2.45) is 0 Å². The summed E-state index contributed by atoms with van der Waals surface area (Å²) >= 11 is 12.7. The number of methoxy groups -OCH3 is 2. The van der Waals surface area contributed by atoms with Gasteiger partial charge in [-0.05, 0) is 35.9 Å². The van der Waals surface area contributed by atoms with Crippen LogP contribution in [0.5, 0.6) is 17.2 Å². The van der Waals surface area contributed by atoms with E-state index in [0.717, 1.165) is 0 Å². The van der Waals surface area contributed by atoms with Crippen molar-refractivity contribution in [1.82, 2.24) is 9.88 Å². The van der Waals surface area contributed by atoms with Crippen molar-refractivity contribution < 1.29 is 29.3 Å². The van der Waals surface area contributed by atoms with Crippen LogP contribution in [0.4, 0.5) is 0 Å². The lowest BCUT2D eigenvalue weighted by molar-refractivity contribution is -0.140. The van der Waals surface area contributed by atoms with Gasteiger partial charge in [-0.15, -0.1) is 0 Å². The van der Waals surface area contributed by atoms with Gasteiger partial charge in [0.2, 0.25) is 0 Å². The molecule has 0 radical (unpaired) electrons. The first-order valence-electron chi connectivity index (χ1n) is 10.4. The van der Waals surface area contributed by atoms with Crippen LogP contribution in [-0.2, 0) is 16.1 Å². The minimum atomic E-state index is -1.03. The van der Waals surface area contributed by atoms with Gasteiger partial charge in [-0.3, -0.25) is 14.6 Å². The number of pyridine rings is 1. The summed E-state index contributed by atoms with van der Waals surface area (Å²) in [5.74, 6) is -2.23. The SMILES string of the molecule is COc1c(Cl)cc(/C(O)=C2\C(=O)C(=O)N(Cc3ccccn3)C2c2cccc(O)c2)c(OC)c1Cl. The normalized spacial score (nSPS) is 17.0. The zero-order valence-corrected chi connectivity index (χ0v) is 20.2. The fourth-order valence-electron chi connectivity index (χ4n) is 4.04. The molecule has 0 saturated carbocycles. The van der Waals surface area contributed by atoms with Crippen LogP contribution in [0.2, 0.25) is 10.0 Å². The first-order chi connectivity index (χ1) is 16.8. The highest BCUT2D eigenvalue weighted by molar-refractivity contribution is 6.47. The number of amides is 1. The van der Waals surface area contributed by atoms with Crippen LogP contribution in [0.1, 0.15) is 22.9 Å². The molecule has 4 rings (SSSR count). The predicted molar refractivity (Wildman–Crippen MR) is 130 cm³/mol. The molecule has 10 heteroatoms. The number of hydrogen-bond acceptors (Lipinski definition) is 7. The molecule has 1 unspecified atom stereocenters. The molecule has 2 aromatic carbocycles. The van der Waals surface area contributed by atoms with Gasteiger partial charge in [-0.25, -0.2) is 0 Å². The van der Waals surface area contributed by atoms with Crippen LogP contribution in [0, 0.1) is 0 Å². The molecule has 1 aliphatic rings. The molecule has 2 heterocycles. The Hall–Kier alpha value is -3.75. The summed E-state index contributed by atoms with van der Waals surface area (Å²) in [6.45, 7) is -0.0101. The molecule has 1 fully saturated rings. The number of likely N-dealkylation sites (tertiary alicyclic amines) is 1. The Kier molecular flexibility index (Phi) is 6.86. The quantitative estimate of drug-likeness (QED) is 0.278. The summed E-state index contributed by atoms with van der Waals surface area (Å²) in [6, 6.07) is 11.6. The summed E-state index contributed by atoms with van der Waals surface area (Å²) in [6.07, 6.45) is 1.57. The Morgan fingerprint density at radius 3 is 2.43 bits per heavy atom. The molecule has 1 amide bonds. The van der Waals surface area contributed by atoms with Crippen molar-refractivity contribution in [3.8, 4) is 17.2 Å². The van der Waals surface area contributed by atoms with E-state index in [2.05, 4.69) is 4.98 Å². The monoisotopic (exact) mass is 514 g/mol. The lowest BCUT2D eigenvalue weighted by Crippen LogP contribution is -2.29. The maximum absolute atomic E-state index is 13.3. The minimum absolute atomic E-state index is 0.00397. The zero-order chi connectivity index (χ0) is 25.3. The number of halogens is 2. The molecule has 8 nitrogen and oxygen atoms in total. The van der Waals surface area contributed by atoms with Crippen molar-refractivity contribution in [3.63, 3.8) is 0 Å². The number of aromatic nitrogens is 1. The van der Waals surface area contributed by atoms with Crippen LogP contribution in [0.15, 0.2) is 60.3 Å². The molecule has 35 heavy (non-hydrogen) atoms. The molecular weight excluding hydrogens is 495 g/mol. The van der Waals surface area contributed by atoms with Crippen molar-refractivity contribution >= 4 is 40.7 Å². The van der Waals surface area contributed by atoms with E-state index in [0.29, 0.717) is 11.3 Å². The molecule has 2 N–H and O–H groups in total. The van der Waals surface area contributed by atoms with Gasteiger partial charge in [0, 0.05) is 6.20 Å². The molecular formula is C25H20Cl2N2O6. The van der Waals surface area contributed by atoms with Crippen LogP contribution in [-0.4, -0.2) is 46.0 Å². The summed E-state index contributed by atoms with van der Waals surface area (Å²) in [4.78, 5) is 31.9. The van der Waals surface area contributed by atoms with E-state index in [-0.39, 0.29) is 45.0 Å². The van der Waals surface area contributed by atoms with Gasteiger partial charge in [0.25, 0.3) is 11.7 Å². The van der Waals surface area contributed by atoms with Crippen LogP contribution in [0.25, 0.3) is 5.76 Å². The third-order valence-electron chi connectivity index (χ3n) is 5.58. The topological polar surface area (TPSA) is 109 Å². The number of hydrogen-bond donors (Lipinski definition) is 2. The van der Waals surface area contributed by atoms with Gasteiger partial charge in [0.05, 0.1) is 48.7 Å². The van der Waals surface area contributed by atoms with E-state index in [1.54, 1.807) is 36.5 Å². The maximum Gasteiger partial charge on any atom is 0.296 e. The van der Waals surface area contributed by atoms with Gasteiger partial charge < -0.3 is 24.6 Å². The highest BCUT2D eigenvalue weighted by atomic mass is 35.5. The number of aliphatic hydroxyl groups excluding tert-OH is 1. The van der Waals surface area contributed by atoms with Gasteiger partial charge in [-0.1, -0.05) is 41.4 Å². The fourth-order valence-corrected chi connectivity index (χ4v) is 4.73. The Balaban J connectivity index is 1.95. The highest BCUT2D eigenvalue weighted by Gasteiger charge is 2.46. The predicted octanol–water partition coefficient (Wildman–Crippen LogP) is 4.73.